The summed E-state index contributed by atoms with van der Waals surface area (Å²) in [6, 6.07) is 19.0. The Hall–Kier alpha value is -3.07. The third-order valence-electron chi connectivity index (χ3n) is 6.12. The molecule has 0 radical (unpaired) electrons. The van der Waals surface area contributed by atoms with E-state index in [1.807, 2.05) is 58.9 Å². The molecule has 0 spiro atoms. The van der Waals surface area contributed by atoms with Gasteiger partial charge in [-0.3, -0.25) is 13.9 Å². The number of rotatable bonds is 10. The van der Waals surface area contributed by atoms with E-state index in [4.69, 9.17) is 23.2 Å². The average molecular weight is 605 g/mol. The number of nitrogens with one attached hydrogen (secondary N) is 1. The zero-order valence-corrected chi connectivity index (χ0v) is 25.6. The number of anilines is 1. The second kappa shape index (κ2) is 13.1. The van der Waals surface area contributed by atoms with E-state index >= 15 is 0 Å². The van der Waals surface area contributed by atoms with Crippen LogP contribution in [0.4, 0.5) is 5.69 Å². The maximum Gasteiger partial charge on any atom is 0.264 e. The Labute approximate surface area is 247 Å². The molecule has 1 unspecified atom stereocenters. The standard InChI is InChI=1S/C30H35Cl2N3O4S/c1-6-27(29(37)33-30(3,4)5)34(19-22-12-10-11-21(2)17-22)28(36)20-35(23-15-16-25(31)26(32)18-23)40(38,39)24-13-8-7-9-14-24/h7-18,27H,6,19-20H2,1-5H3,(H,33,37). The summed E-state index contributed by atoms with van der Waals surface area (Å²) in [5.74, 6) is -0.856. The Morgan fingerprint density at radius 2 is 1.60 bits per heavy atom. The van der Waals surface area contributed by atoms with E-state index in [1.54, 1.807) is 18.2 Å². The largest absolute Gasteiger partial charge is 0.350 e. The Kier molecular flexibility index (Phi) is 10.3. The number of sulfonamides is 1. The van der Waals surface area contributed by atoms with Crippen molar-refractivity contribution in [2.45, 2.75) is 64.1 Å². The molecule has 40 heavy (non-hydrogen) atoms. The lowest BCUT2D eigenvalue weighted by Crippen LogP contribution is -2.55. The number of hydrogen-bond donors (Lipinski definition) is 1. The monoisotopic (exact) mass is 603 g/mol. The molecule has 0 fully saturated rings. The predicted molar refractivity (Wildman–Crippen MR) is 161 cm³/mol. The molecule has 3 aromatic rings. The van der Waals surface area contributed by atoms with E-state index < -0.39 is 34.1 Å². The fraction of sp³-hybridized carbons (Fsp3) is 0.333. The summed E-state index contributed by atoms with van der Waals surface area (Å²) in [6.45, 7) is 8.92. The highest BCUT2D eigenvalue weighted by Crippen LogP contribution is 2.31. The van der Waals surface area contributed by atoms with Gasteiger partial charge < -0.3 is 10.2 Å². The van der Waals surface area contributed by atoms with Gasteiger partial charge in [0.15, 0.2) is 0 Å². The highest BCUT2D eigenvalue weighted by Gasteiger charge is 2.34. The van der Waals surface area contributed by atoms with Crippen molar-refractivity contribution in [2.75, 3.05) is 10.8 Å². The van der Waals surface area contributed by atoms with Gasteiger partial charge in [0.2, 0.25) is 11.8 Å². The molecule has 1 N–H and O–H groups in total. The first-order valence-corrected chi connectivity index (χ1v) is 15.1. The molecule has 3 rings (SSSR count). The zero-order valence-electron chi connectivity index (χ0n) is 23.3. The van der Waals surface area contributed by atoms with Crippen molar-refractivity contribution >= 4 is 50.7 Å². The van der Waals surface area contributed by atoms with E-state index in [9.17, 15) is 18.0 Å². The van der Waals surface area contributed by atoms with Crippen molar-refractivity contribution in [3.05, 3.63) is 94.0 Å². The maximum absolute atomic E-state index is 14.1. The highest BCUT2D eigenvalue weighted by atomic mass is 35.5. The van der Waals surface area contributed by atoms with Crippen LogP contribution in [0, 0.1) is 6.92 Å². The first-order chi connectivity index (χ1) is 18.7. The number of nitrogens with zero attached hydrogens (tertiary/aromatic N) is 2. The van der Waals surface area contributed by atoms with Gasteiger partial charge in [0, 0.05) is 12.1 Å². The molecule has 2 amide bonds. The van der Waals surface area contributed by atoms with Gasteiger partial charge in [-0.1, -0.05) is 78.2 Å². The van der Waals surface area contributed by atoms with Crippen molar-refractivity contribution in [3.8, 4) is 0 Å². The molecule has 0 saturated heterocycles. The first kappa shape index (κ1) is 31.5. The van der Waals surface area contributed by atoms with Crippen molar-refractivity contribution < 1.29 is 18.0 Å². The lowest BCUT2D eigenvalue weighted by Gasteiger charge is -2.35. The third kappa shape index (κ3) is 7.99. The molecular weight excluding hydrogens is 569 g/mol. The van der Waals surface area contributed by atoms with Crippen LogP contribution >= 0.6 is 23.2 Å². The van der Waals surface area contributed by atoms with E-state index in [1.165, 1.54) is 35.2 Å². The molecule has 1 atom stereocenters. The number of amides is 2. The van der Waals surface area contributed by atoms with Gasteiger partial charge in [-0.15, -0.1) is 0 Å². The Bertz CT molecular complexity index is 1460. The third-order valence-corrected chi connectivity index (χ3v) is 8.65. The molecule has 0 bridgehead atoms. The van der Waals surface area contributed by atoms with Crippen LogP contribution in [0.15, 0.2) is 77.7 Å². The van der Waals surface area contributed by atoms with Crippen LogP contribution in [0.2, 0.25) is 10.0 Å². The van der Waals surface area contributed by atoms with Gasteiger partial charge in [0.05, 0.1) is 20.6 Å². The van der Waals surface area contributed by atoms with Crippen LogP contribution in [-0.2, 0) is 26.2 Å². The first-order valence-electron chi connectivity index (χ1n) is 12.9. The second-order valence-electron chi connectivity index (χ2n) is 10.6. The van der Waals surface area contributed by atoms with Crippen LogP contribution in [0.1, 0.15) is 45.2 Å². The van der Waals surface area contributed by atoms with Crippen molar-refractivity contribution in [3.63, 3.8) is 0 Å². The van der Waals surface area contributed by atoms with Gasteiger partial charge in [0.1, 0.15) is 12.6 Å². The zero-order chi connectivity index (χ0) is 29.7. The van der Waals surface area contributed by atoms with Crippen LogP contribution < -0.4 is 9.62 Å². The van der Waals surface area contributed by atoms with Gasteiger partial charge >= 0.3 is 0 Å². The number of hydrogen-bond acceptors (Lipinski definition) is 4. The minimum absolute atomic E-state index is 0.0108. The smallest absolute Gasteiger partial charge is 0.264 e. The molecule has 3 aromatic carbocycles. The molecule has 0 aliphatic rings. The number of halogens is 2. The van der Waals surface area contributed by atoms with Gasteiger partial charge in [-0.05, 0) is 70.0 Å². The van der Waals surface area contributed by atoms with E-state index in [2.05, 4.69) is 5.32 Å². The minimum atomic E-state index is -4.19. The molecule has 0 aliphatic carbocycles. The molecule has 0 heterocycles. The Balaban J connectivity index is 2.09. The SMILES string of the molecule is CCC(C(=O)NC(C)(C)C)N(Cc1cccc(C)c1)C(=O)CN(c1ccc(Cl)c(Cl)c1)S(=O)(=O)c1ccccc1. The molecule has 10 heteroatoms. The van der Waals surface area contributed by atoms with Crippen molar-refractivity contribution in [1.29, 1.82) is 0 Å². The van der Waals surface area contributed by atoms with Crippen LogP contribution in [0.3, 0.4) is 0 Å². The summed E-state index contributed by atoms with van der Waals surface area (Å²) < 4.78 is 28.7. The summed E-state index contributed by atoms with van der Waals surface area (Å²) in [5.41, 5.74) is 1.48. The summed E-state index contributed by atoms with van der Waals surface area (Å²) >= 11 is 12.4. The number of aryl methyl sites for hydroxylation is 1. The van der Waals surface area contributed by atoms with E-state index in [0.29, 0.717) is 6.42 Å². The molecule has 214 valence electrons. The Morgan fingerprint density at radius 1 is 0.925 bits per heavy atom. The van der Waals surface area contributed by atoms with Crippen molar-refractivity contribution in [1.82, 2.24) is 10.2 Å². The van der Waals surface area contributed by atoms with E-state index in [0.717, 1.165) is 15.4 Å². The van der Waals surface area contributed by atoms with Gasteiger partial charge in [-0.2, -0.15) is 0 Å². The fourth-order valence-corrected chi connectivity index (χ4v) is 5.99. The second-order valence-corrected chi connectivity index (χ2v) is 13.3. The molecule has 0 aromatic heterocycles. The molecule has 7 nitrogen and oxygen atoms in total. The molecule has 0 saturated carbocycles. The summed E-state index contributed by atoms with van der Waals surface area (Å²) in [5, 5.41) is 3.36. The summed E-state index contributed by atoms with van der Waals surface area (Å²) in [7, 11) is -4.19. The maximum atomic E-state index is 14.1. The number of carbonyl (C=O) groups excluding carboxylic acids is 2. The van der Waals surface area contributed by atoms with Gasteiger partial charge in [0.25, 0.3) is 10.0 Å². The normalized spacial score (nSPS) is 12.5. The van der Waals surface area contributed by atoms with E-state index in [-0.39, 0.29) is 33.1 Å². The van der Waals surface area contributed by atoms with Crippen molar-refractivity contribution in [2.24, 2.45) is 0 Å². The molecule has 0 aliphatic heterocycles. The highest BCUT2D eigenvalue weighted by molar-refractivity contribution is 7.92. The number of carbonyl (C=O) groups is 2. The predicted octanol–water partition coefficient (Wildman–Crippen LogP) is 6.22. The summed E-state index contributed by atoms with van der Waals surface area (Å²) in [6.07, 6.45) is 0.331. The fourth-order valence-electron chi connectivity index (χ4n) is 4.27. The Morgan fingerprint density at radius 3 is 2.17 bits per heavy atom. The van der Waals surface area contributed by atoms with Gasteiger partial charge in [-0.25, -0.2) is 8.42 Å². The van der Waals surface area contributed by atoms with Crippen LogP contribution in [0.5, 0.6) is 0 Å². The minimum Gasteiger partial charge on any atom is -0.350 e. The summed E-state index contributed by atoms with van der Waals surface area (Å²) in [4.78, 5) is 28.9. The quantitative estimate of drug-likeness (QED) is 0.298. The lowest BCUT2D eigenvalue weighted by atomic mass is 10.0. The van der Waals surface area contributed by atoms with Crippen LogP contribution in [-0.4, -0.2) is 43.3 Å². The lowest BCUT2D eigenvalue weighted by molar-refractivity contribution is -0.141. The number of benzene rings is 3. The molecular formula is C30H35Cl2N3O4S. The topological polar surface area (TPSA) is 86.8 Å². The van der Waals surface area contributed by atoms with Crippen LogP contribution in [0.25, 0.3) is 0 Å². The average Bonchev–Trinajstić information content (AvgIpc) is 2.88.